The average molecular weight is 362 g/mol. The van der Waals surface area contributed by atoms with Gasteiger partial charge in [-0.05, 0) is 48.7 Å². The summed E-state index contributed by atoms with van der Waals surface area (Å²) in [5.41, 5.74) is 2.03. The number of carbonyl (C=O) groups excluding carboxylic acids is 1. The largest absolute Gasteiger partial charge is 0.489 e. The fraction of sp³-hybridized carbons (Fsp3) is 0.316. The van der Waals surface area contributed by atoms with E-state index in [2.05, 4.69) is 0 Å². The number of fused-ring (bicyclic) bond motifs is 2. The van der Waals surface area contributed by atoms with Gasteiger partial charge in [-0.3, -0.25) is 4.79 Å². The van der Waals surface area contributed by atoms with Crippen LogP contribution in [0.3, 0.4) is 0 Å². The number of benzene rings is 2. The molecule has 4 rings (SSSR count). The predicted molar refractivity (Wildman–Crippen MR) is 93.5 cm³/mol. The quantitative estimate of drug-likeness (QED) is 0.762. The molecular formula is C19H17ClFNO3. The van der Waals surface area contributed by atoms with E-state index in [4.69, 9.17) is 21.1 Å². The second-order valence-electron chi connectivity index (χ2n) is 6.17. The van der Waals surface area contributed by atoms with Crippen molar-refractivity contribution in [3.8, 4) is 11.5 Å². The molecule has 0 saturated carbocycles. The van der Waals surface area contributed by atoms with Gasteiger partial charge in [-0.1, -0.05) is 11.6 Å². The van der Waals surface area contributed by atoms with Crippen molar-refractivity contribution in [2.75, 3.05) is 24.7 Å². The minimum Gasteiger partial charge on any atom is -0.489 e. The second kappa shape index (κ2) is 6.56. The molecule has 0 saturated heterocycles. The molecule has 0 fully saturated rings. The Hall–Kier alpha value is -2.27. The minimum absolute atomic E-state index is 0.176. The Bertz CT molecular complexity index is 840. The number of nitrogens with zero attached hydrogens (tertiary/aromatic N) is 1. The molecule has 0 radical (unpaired) electrons. The minimum atomic E-state index is -0.285. The molecule has 2 aliphatic rings. The summed E-state index contributed by atoms with van der Waals surface area (Å²) in [6.07, 6.45) is 2.32. The highest BCUT2D eigenvalue weighted by Gasteiger charge is 2.26. The molecule has 6 heteroatoms. The van der Waals surface area contributed by atoms with E-state index in [0.717, 1.165) is 30.5 Å². The molecule has 0 aliphatic carbocycles. The van der Waals surface area contributed by atoms with Gasteiger partial charge in [-0.2, -0.15) is 0 Å². The van der Waals surface area contributed by atoms with Crippen LogP contribution in [-0.2, 0) is 6.42 Å². The summed E-state index contributed by atoms with van der Waals surface area (Å²) in [5.74, 6) is 0.512. The molecule has 0 spiro atoms. The van der Waals surface area contributed by atoms with Gasteiger partial charge in [-0.25, -0.2) is 4.39 Å². The van der Waals surface area contributed by atoms with Gasteiger partial charge in [0.1, 0.15) is 5.82 Å². The molecule has 2 heterocycles. The zero-order valence-corrected chi connectivity index (χ0v) is 14.3. The maximum Gasteiger partial charge on any atom is 0.258 e. The number of hydrogen-bond donors (Lipinski definition) is 0. The van der Waals surface area contributed by atoms with Crippen LogP contribution >= 0.6 is 11.6 Å². The van der Waals surface area contributed by atoms with Gasteiger partial charge in [0, 0.05) is 24.2 Å². The summed E-state index contributed by atoms with van der Waals surface area (Å²) in [7, 11) is 0. The van der Waals surface area contributed by atoms with Crippen molar-refractivity contribution in [3.63, 3.8) is 0 Å². The van der Waals surface area contributed by atoms with E-state index in [9.17, 15) is 9.18 Å². The van der Waals surface area contributed by atoms with Crippen LogP contribution in [0.25, 0.3) is 0 Å². The summed E-state index contributed by atoms with van der Waals surface area (Å²) in [6, 6.07) is 7.81. The SMILES string of the molecule is O=C(c1cc(Cl)c2c(c1)OCCCO2)N1CCCc2cc(F)ccc21. The molecule has 25 heavy (non-hydrogen) atoms. The third-order valence-corrected chi connectivity index (χ3v) is 4.74. The van der Waals surface area contributed by atoms with Crippen molar-refractivity contribution < 1.29 is 18.7 Å². The van der Waals surface area contributed by atoms with Gasteiger partial charge < -0.3 is 14.4 Å². The maximum absolute atomic E-state index is 13.5. The van der Waals surface area contributed by atoms with E-state index in [1.165, 1.54) is 12.1 Å². The van der Waals surface area contributed by atoms with Crippen molar-refractivity contribution in [1.29, 1.82) is 0 Å². The first-order chi connectivity index (χ1) is 12.1. The molecule has 4 nitrogen and oxygen atoms in total. The lowest BCUT2D eigenvalue weighted by atomic mass is 10.0. The van der Waals surface area contributed by atoms with Gasteiger partial charge in [0.05, 0.1) is 18.2 Å². The summed E-state index contributed by atoms with van der Waals surface area (Å²) < 4.78 is 24.7. The number of carbonyl (C=O) groups is 1. The number of hydrogen-bond acceptors (Lipinski definition) is 3. The van der Waals surface area contributed by atoms with E-state index in [0.29, 0.717) is 41.8 Å². The topological polar surface area (TPSA) is 38.8 Å². The fourth-order valence-corrected chi connectivity index (χ4v) is 3.55. The van der Waals surface area contributed by atoms with E-state index in [1.54, 1.807) is 23.1 Å². The summed E-state index contributed by atoms with van der Waals surface area (Å²) in [5, 5.41) is 0.360. The lowest BCUT2D eigenvalue weighted by Crippen LogP contribution is -2.35. The van der Waals surface area contributed by atoms with Crippen LogP contribution < -0.4 is 14.4 Å². The van der Waals surface area contributed by atoms with Crippen LogP contribution in [-0.4, -0.2) is 25.7 Å². The lowest BCUT2D eigenvalue weighted by molar-refractivity contribution is 0.0984. The Balaban J connectivity index is 1.71. The number of rotatable bonds is 1. The van der Waals surface area contributed by atoms with Gasteiger partial charge in [0.25, 0.3) is 5.91 Å². The number of anilines is 1. The van der Waals surface area contributed by atoms with Crippen LogP contribution in [0.1, 0.15) is 28.8 Å². The standard InChI is InChI=1S/C19H17ClFNO3/c20-15-10-13(11-17-18(15)25-8-2-7-24-17)19(23)22-6-1-3-12-9-14(21)4-5-16(12)22/h4-5,9-11H,1-3,6-8H2. The normalized spacial score (nSPS) is 16.2. The molecule has 0 N–H and O–H groups in total. The molecule has 0 unspecified atom stereocenters. The number of aryl methyl sites for hydroxylation is 1. The third kappa shape index (κ3) is 3.04. The van der Waals surface area contributed by atoms with Crippen LogP contribution in [0.2, 0.25) is 5.02 Å². The van der Waals surface area contributed by atoms with E-state index in [-0.39, 0.29) is 11.7 Å². The van der Waals surface area contributed by atoms with Gasteiger partial charge in [0.2, 0.25) is 0 Å². The molecular weight excluding hydrogens is 345 g/mol. The highest BCUT2D eigenvalue weighted by Crippen LogP contribution is 2.39. The summed E-state index contributed by atoms with van der Waals surface area (Å²) in [6.45, 7) is 1.64. The number of amides is 1. The molecule has 0 aromatic heterocycles. The van der Waals surface area contributed by atoms with Crippen LogP contribution in [0.5, 0.6) is 11.5 Å². The van der Waals surface area contributed by atoms with Gasteiger partial charge >= 0.3 is 0 Å². The van der Waals surface area contributed by atoms with E-state index >= 15 is 0 Å². The Morgan fingerprint density at radius 1 is 1.12 bits per heavy atom. The van der Waals surface area contributed by atoms with Crippen LogP contribution in [0, 0.1) is 5.82 Å². The van der Waals surface area contributed by atoms with Crippen molar-refractivity contribution in [1.82, 2.24) is 0 Å². The highest BCUT2D eigenvalue weighted by molar-refractivity contribution is 6.32. The number of halogens is 2. The Labute approximate surface area is 150 Å². The van der Waals surface area contributed by atoms with E-state index in [1.807, 2.05) is 0 Å². The molecule has 1 amide bonds. The molecule has 0 atom stereocenters. The molecule has 2 aromatic rings. The van der Waals surface area contributed by atoms with Gasteiger partial charge in [0.15, 0.2) is 11.5 Å². The predicted octanol–water partition coefficient (Wildman–Crippen LogP) is 4.23. The molecule has 130 valence electrons. The summed E-state index contributed by atoms with van der Waals surface area (Å²) in [4.78, 5) is 14.7. The van der Waals surface area contributed by atoms with Crippen molar-refractivity contribution in [3.05, 3.63) is 52.3 Å². The molecule has 2 aromatic carbocycles. The Kier molecular flexibility index (Phi) is 4.25. The second-order valence-corrected chi connectivity index (χ2v) is 6.58. The maximum atomic E-state index is 13.5. The van der Waals surface area contributed by atoms with Crippen molar-refractivity contribution in [2.45, 2.75) is 19.3 Å². The Morgan fingerprint density at radius 3 is 2.84 bits per heavy atom. The van der Waals surface area contributed by atoms with Crippen molar-refractivity contribution in [2.24, 2.45) is 0 Å². The highest BCUT2D eigenvalue weighted by atomic mass is 35.5. The van der Waals surface area contributed by atoms with Crippen LogP contribution in [0.15, 0.2) is 30.3 Å². The molecule has 0 bridgehead atoms. The third-order valence-electron chi connectivity index (χ3n) is 4.45. The smallest absolute Gasteiger partial charge is 0.258 e. The Morgan fingerprint density at radius 2 is 1.96 bits per heavy atom. The summed E-state index contributed by atoms with van der Waals surface area (Å²) >= 11 is 6.30. The number of ether oxygens (including phenoxy) is 2. The fourth-order valence-electron chi connectivity index (χ4n) is 3.29. The first-order valence-electron chi connectivity index (χ1n) is 8.33. The molecule has 2 aliphatic heterocycles. The first-order valence-corrected chi connectivity index (χ1v) is 8.71. The van der Waals surface area contributed by atoms with Crippen LogP contribution in [0.4, 0.5) is 10.1 Å². The first kappa shape index (κ1) is 16.2. The van der Waals surface area contributed by atoms with E-state index < -0.39 is 0 Å². The zero-order valence-electron chi connectivity index (χ0n) is 13.6. The average Bonchev–Trinajstić information content (AvgIpc) is 2.86. The van der Waals surface area contributed by atoms with Gasteiger partial charge in [-0.15, -0.1) is 0 Å². The van der Waals surface area contributed by atoms with Crippen molar-refractivity contribution >= 4 is 23.2 Å². The monoisotopic (exact) mass is 361 g/mol. The lowest BCUT2D eigenvalue weighted by Gasteiger charge is -2.29. The zero-order chi connectivity index (χ0) is 17.4.